The van der Waals surface area contributed by atoms with Crippen molar-refractivity contribution in [1.82, 2.24) is 4.90 Å². The van der Waals surface area contributed by atoms with Crippen LogP contribution in [0, 0.1) is 0 Å². The summed E-state index contributed by atoms with van der Waals surface area (Å²) in [6.07, 6.45) is 9.43. The molecule has 0 heterocycles. The number of nitrogens with zero attached hydrogens (tertiary/aromatic N) is 1. The smallest absolute Gasteiger partial charge is 0.246 e. The highest BCUT2D eigenvalue weighted by atomic mass is 16.5. The highest BCUT2D eigenvalue weighted by molar-refractivity contribution is 5.91. The molecular formula is C18H25NO3. The van der Waals surface area contributed by atoms with E-state index < -0.39 is 0 Å². The van der Waals surface area contributed by atoms with Crippen LogP contribution in [0.15, 0.2) is 24.3 Å². The van der Waals surface area contributed by atoms with E-state index in [4.69, 9.17) is 9.47 Å². The van der Waals surface area contributed by atoms with E-state index in [1.54, 1.807) is 20.3 Å². The zero-order chi connectivity index (χ0) is 15.9. The van der Waals surface area contributed by atoms with Crippen LogP contribution in [0.5, 0.6) is 11.5 Å². The van der Waals surface area contributed by atoms with Gasteiger partial charge in [0.05, 0.1) is 14.2 Å². The summed E-state index contributed by atoms with van der Waals surface area (Å²) in [5.41, 5.74) is 0.919. The first-order valence-corrected chi connectivity index (χ1v) is 7.82. The largest absolute Gasteiger partial charge is 0.493 e. The lowest BCUT2D eigenvalue weighted by molar-refractivity contribution is -0.127. The number of hydrogen-bond acceptors (Lipinski definition) is 3. The molecule has 1 amide bonds. The fraction of sp³-hybridized carbons (Fsp3) is 0.500. The Bertz CT molecular complexity index is 533. The fourth-order valence-electron chi connectivity index (χ4n) is 2.89. The number of hydrogen-bond donors (Lipinski definition) is 0. The number of amides is 1. The third-order valence-corrected chi connectivity index (χ3v) is 4.30. The molecule has 0 unspecified atom stereocenters. The molecule has 4 nitrogen and oxygen atoms in total. The fourth-order valence-corrected chi connectivity index (χ4v) is 2.89. The summed E-state index contributed by atoms with van der Waals surface area (Å²) in [5, 5.41) is 0. The summed E-state index contributed by atoms with van der Waals surface area (Å²) >= 11 is 0. The molecule has 1 saturated carbocycles. The molecule has 0 aromatic heterocycles. The molecular weight excluding hydrogens is 278 g/mol. The molecule has 1 fully saturated rings. The van der Waals surface area contributed by atoms with Gasteiger partial charge in [0.2, 0.25) is 5.91 Å². The average molecular weight is 303 g/mol. The first-order valence-electron chi connectivity index (χ1n) is 7.82. The summed E-state index contributed by atoms with van der Waals surface area (Å²) in [7, 11) is 5.11. The van der Waals surface area contributed by atoms with Crippen molar-refractivity contribution < 1.29 is 14.3 Å². The van der Waals surface area contributed by atoms with Gasteiger partial charge in [-0.15, -0.1) is 0 Å². The Labute approximate surface area is 132 Å². The molecule has 0 bridgehead atoms. The lowest BCUT2D eigenvalue weighted by atomic mass is 9.94. The van der Waals surface area contributed by atoms with Gasteiger partial charge in [-0.2, -0.15) is 0 Å². The lowest BCUT2D eigenvalue weighted by Gasteiger charge is -2.30. The summed E-state index contributed by atoms with van der Waals surface area (Å²) in [6.45, 7) is 0. The van der Waals surface area contributed by atoms with Crippen LogP contribution in [0.25, 0.3) is 6.08 Å². The van der Waals surface area contributed by atoms with Crippen LogP contribution >= 0.6 is 0 Å². The number of carbonyl (C=O) groups is 1. The van der Waals surface area contributed by atoms with Gasteiger partial charge in [-0.25, -0.2) is 0 Å². The molecule has 0 spiro atoms. The quantitative estimate of drug-likeness (QED) is 0.781. The number of likely N-dealkylation sites (N-methyl/N-ethyl adjacent to an activating group) is 1. The molecule has 2 rings (SSSR count). The van der Waals surface area contributed by atoms with Crippen molar-refractivity contribution in [3.63, 3.8) is 0 Å². The average Bonchev–Trinajstić information content (AvgIpc) is 2.59. The predicted molar refractivity (Wildman–Crippen MR) is 88.2 cm³/mol. The Balaban J connectivity index is 2.02. The van der Waals surface area contributed by atoms with E-state index in [0.717, 1.165) is 18.4 Å². The molecule has 0 aliphatic heterocycles. The minimum absolute atomic E-state index is 0.0571. The van der Waals surface area contributed by atoms with Crippen LogP contribution < -0.4 is 9.47 Å². The van der Waals surface area contributed by atoms with Gasteiger partial charge in [-0.3, -0.25) is 4.79 Å². The van der Waals surface area contributed by atoms with E-state index in [0.29, 0.717) is 17.5 Å². The summed E-state index contributed by atoms with van der Waals surface area (Å²) < 4.78 is 10.5. The van der Waals surface area contributed by atoms with E-state index in [-0.39, 0.29) is 5.91 Å². The van der Waals surface area contributed by atoms with Crippen LogP contribution in [0.2, 0.25) is 0 Å². The van der Waals surface area contributed by atoms with Crippen LogP contribution in [-0.4, -0.2) is 38.1 Å². The first kappa shape index (κ1) is 16.4. The van der Waals surface area contributed by atoms with Gasteiger partial charge in [-0.05, 0) is 36.6 Å². The van der Waals surface area contributed by atoms with Crippen LogP contribution in [0.3, 0.4) is 0 Å². The maximum absolute atomic E-state index is 12.3. The molecule has 0 N–H and O–H groups in total. The highest BCUT2D eigenvalue weighted by Crippen LogP contribution is 2.28. The van der Waals surface area contributed by atoms with Crippen molar-refractivity contribution in [2.75, 3.05) is 21.3 Å². The molecule has 1 aliphatic rings. The zero-order valence-electron chi connectivity index (χ0n) is 13.7. The number of benzene rings is 1. The van der Waals surface area contributed by atoms with Crippen LogP contribution in [0.4, 0.5) is 0 Å². The minimum atomic E-state index is 0.0571. The van der Waals surface area contributed by atoms with Crippen molar-refractivity contribution in [3.8, 4) is 11.5 Å². The third-order valence-electron chi connectivity index (χ3n) is 4.30. The predicted octanol–water partition coefficient (Wildman–Crippen LogP) is 3.51. The molecule has 0 saturated heterocycles. The van der Waals surface area contributed by atoms with Gasteiger partial charge >= 0.3 is 0 Å². The van der Waals surface area contributed by atoms with E-state index in [1.165, 1.54) is 19.3 Å². The second-order valence-corrected chi connectivity index (χ2v) is 5.69. The molecule has 4 heteroatoms. The Morgan fingerprint density at radius 2 is 1.82 bits per heavy atom. The minimum Gasteiger partial charge on any atom is -0.493 e. The SMILES string of the molecule is COc1ccc(C=CC(=O)N(C)C2CCCCC2)cc1OC. The highest BCUT2D eigenvalue weighted by Gasteiger charge is 2.20. The number of carbonyl (C=O) groups excluding carboxylic acids is 1. The third kappa shape index (κ3) is 4.03. The maximum atomic E-state index is 12.3. The monoisotopic (exact) mass is 303 g/mol. The lowest BCUT2D eigenvalue weighted by Crippen LogP contribution is -2.37. The topological polar surface area (TPSA) is 38.8 Å². The summed E-state index contributed by atoms with van der Waals surface area (Å²) in [6, 6.07) is 6.00. The van der Waals surface area contributed by atoms with Gasteiger partial charge in [0, 0.05) is 19.2 Å². The second-order valence-electron chi connectivity index (χ2n) is 5.69. The van der Waals surface area contributed by atoms with Crippen LogP contribution in [-0.2, 0) is 4.79 Å². The van der Waals surface area contributed by atoms with Crippen molar-refractivity contribution in [3.05, 3.63) is 29.8 Å². The van der Waals surface area contributed by atoms with Gasteiger partial charge in [-0.1, -0.05) is 25.3 Å². The van der Waals surface area contributed by atoms with Crippen molar-refractivity contribution in [2.24, 2.45) is 0 Å². The number of methoxy groups -OCH3 is 2. The van der Waals surface area contributed by atoms with E-state index in [2.05, 4.69) is 0 Å². The van der Waals surface area contributed by atoms with Crippen molar-refractivity contribution in [2.45, 2.75) is 38.1 Å². The van der Waals surface area contributed by atoms with E-state index in [9.17, 15) is 4.79 Å². The zero-order valence-corrected chi connectivity index (χ0v) is 13.7. The normalized spacial score (nSPS) is 15.8. The Kier molecular flexibility index (Phi) is 5.87. The molecule has 0 radical (unpaired) electrons. The second kappa shape index (κ2) is 7.87. The molecule has 1 aromatic rings. The first-order chi connectivity index (χ1) is 10.7. The Morgan fingerprint density at radius 1 is 1.14 bits per heavy atom. The van der Waals surface area contributed by atoms with Gasteiger partial charge in [0.25, 0.3) is 0 Å². The standard InChI is InChI=1S/C18H25NO3/c1-19(15-7-5-4-6-8-15)18(20)12-10-14-9-11-16(21-2)17(13-14)22-3/h9-13,15H,4-8H2,1-3H3. The van der Waals surface area contributed by atoms with E-state index >= 15 is 0 Å². The molecule has 1 aromatic carbocycles. The van der Waals surface area contributed by atoms with Gasteiger partial charge in [0.15, 0.2) is 11.5 Å². The molecule has 0 atom stereocenters. The van der Waals surface area contributed by atoms with E-state index in [1.807, 2.05) is 36.2 Å². The Morgan fingerprint density at radius 3 is 2.45 bits per heavy atom. The van der Waals surface area contributed by atoms with Gasteiger partial charge in [0.1, 0.15) is 0 Å². The number of rotatable bonds is 5. The summed E-state index contributed by atoms with van der Waals surface area (Å²) in [4.78, 5) is 14.1. The molecule has 1 aliphatic carbocycles. The molecule has 120 valence electrons. The number of ether oxygens (including phenoxy) is 2. The van der Waals surface area contributed by atoms with Crippen molar-refractivity contribution >= 4 is 12.0 Å². The maximum Gasteiger partial charge on any atom is 0.246 e. The van der Waals surface area contributed by atoms with Gasteiger partial charge < -0.3 is 14.4 Å². The molecule has 22 heavy (non-hydrogen) atoms. The van der Waals surface area contributed by atoms with Crippen molar-refractivity contribution in [1.29, 1.82) is 0 Å². The Hall–Kier alpha value is -1.97. The van der Waals surface area contributed by atoms with Crippen LogP contribution in [0.1, 0.15) is 37.7 Å². The summed E-state index contributed by atoms with van der Waals surface area (Å²) in [5.74, 6) is 1.41.